The Morgan fingerprint density at radius 3 is 2.83 bits per heavy atom. The third-order valence-electron chi connectivity index (χ3n) is 3.81. The van der Waals surface area contributed by atoms with Crippen LogP contribution in [0.4, 0.5) is 5.69 Å². The van der Waals surface area contributed by atoms with E-state index < -0.39 is 5.41 Å². The van der Waals surface area contributed by atoms with Crippen LogP contribution in [0.1, 0.15) is 37.8 Å². The van der Waals surface area contributed by atoms with Crippen molar-refractivity contribution in [2.24, 2.45) is 5.41 Å². The van der Waals surface area contributed by atoms with Gasteiger partial charge in [0.25, 0.3) is 0 Å². The van der Waals surface area contributed by atoms with Crippen molar-refractivity contribution < 1.29 is 4.79 Å². The fraction of sp³-hybridized carbons (Fsp3) is 0.467. The van der Waals surface area contributed by atoms with Crippen molar-refractivity contribution >= 4 is 11.6 Å². The number of hydrogen-bond donors (Lipinski definition) is 1. The first-order valence-corrected chi connectivity index (χ1v) is 6.43. The number of rotatable bonds is 3. The molecule has 1 unspecified atom stereocenters. The van der Waals surface area contributed by atoms with Gasteiger partial charge in [-0.25, -0.2) is 0 Å². The predicted molar refractivity (Wildman–Crippen MR) is 71.1 cm³/mol. The van der Waals surface area contributed by atoms with Gasteiger partial charge >= 0.3 is 0 Å². The average molecular weight is 242 g/mol. The van der Waals surface area contributed by atoms with Gasteiger partial charge in [-0.3, -0.25) is 4.79 Å². The molecule has 1 aliphatic carbocycles. The molecule has 1 N–H and O–H groups in total. The molecule has 1 aromatic rings. The molecule has 0 saturated carbocycles. The van der Waals surface area contributed by atoms with Crippen molar-refractivity contribution in [1.29, 1.82) is 5.26 Å². The van der Waals surface area contributed by atoms with Gasteiger partial charge in [0, 0.05) is 5.69 Å². The van der Waals surface area contributed by atoms with E-state index in [4.69, 9.17) is 5.26 Å². The van der Waals surface area contributed by atoms with Crippen LogP contribution < -0.4 is 5.32 Å². The number of amides is 1. The molecule has 0 fully saturated rings. The first-order chi connectivity index (χ1) is 8.59. The molecule has 0 aliphatic heterocycles. The highest BCUT2D eigenvalue weighted by molar-refractivity contribution is 5.97. The molecule has 0 saturated heterocycles. The highest BCUT2D eigenvalue weighted by Crippen LogP contribution is 2.27. The van der Waals surface area contributed by atoms with Crippen LogP contribution in [0.25, 0.3) is 0 Å². The Morgan fingerprint density at radius 1 is 1.44 bits per heavy atom. The maximum Gasteiger partial charge on any atom is 0.244 e. The van der Waals surface area contributed by atoms with Crippen molar-refractivity contribution in [1.82, 2.24) is 0 Å². The van der Waals surface area contributed by atoms with Crippen LogP contribution in [-0.4, -0.2) is 5.91 Å². The summed E-state index contributed by atoms with van der Waals surface area (Å²) < 4.78 is 0. The van der Waals surface area contributed by atoms with Gasteiger partial charge in [0.2, 0.25) is 5.91 Å². The highest BCUT2D eigenvalue weighted by atomic mass is 16.2. The van der Waals surface area contributed by atoms with Gasteiger partial charge < -0.3 is 5.32 Å². The largest absolute Gasteiger partial charge is 0.325 e. The smallest absolute Gasteiger partial charge is 0.244 e. The van der Waals surface area contributed by atoms with Crippen LogP contribution in [0.5, 0.6) is 0 Å². The number of carbonyl (C=O) groups is 1. The standard InChI is InChI=1S/C15H18N2O/c1-3-15(2,10-16)14(18)17-13-8-7-11-5-4-6-12(11)9-13/h7-9H,3-6H2,1-2H3,(H,17,18). The molecule has 0 heterocycles. The number of anilines is 1. The molecule has 18 heavy (non-hydrogen) atoms. The molecule has 3 nitrogen and oxygen atoms in total. The fourth-order valence-corrected chi connectivity index (χ4v) is 2.21. The van der Waals surface area contributed by atoms with Crippen LogP contribution in [0.3, 0.4) is 0 Å². The molecule has 0 spiro atoms. The summed E-state index contributed by atoms with van der Waals surface area (Å²) in [5.41, 5.74) is 2.56. The van der Waals surface area contributed by atoms with E-state index in [-0.39, 0.29) is 5.91 Å². The second-order valence-electron chi connectivity index (χ2n) is 5.09. The molecule has 1 amide bonds. The van der Waals surface area contributed by atoms with Gasteiger partial charge in [-0.1, -0.05) is 13.0 Å². The summed E-state index contributed by atoms with van der Waals surface area (Å²) in [4.78, 5) is 12.1. The van der Waals surface area contributed by atoms with E-state index >= 15 is 0 Å². The maximum atomic E-state index is 12.1. The average Bonchev–Trinajstić information content (AvgIpc) is 2.85. The third kappa shape index (κ3) is 2.24. The molecule has 0 aromatic heterocycles. The molecule has 1 aromatic carbocycles. The van der Waals surface area contributed by atoms with Crippen LogP contribution >= 0.6 is 0 Å². The first kappa shape index (κ1) is 12.6. The minimum Gasteiger partial charge on any atom is -0.325 e. The normalized spacial score (nSPS) is 16.5. The minimum atomic E-state index is -0.945. The Morgan fingerprint density at radius 2 is 2.17 bits per heavy atom. The number of nitrogens with zero attached hydrogens (tertiary/aromatic N) is 1. The van der Waals surface area contributed by atoms with Crippen molar-refractivity contribution in [3.63, 3.8) is 0 Å². The number of benzene rings is 1. The molecule has 1 atom stereocenters. The fourth-order valence-electron chi connectivity index (χ4n) is 2.21. The van der Waals surface area contributed by atoms with Gasteiger partial charge in [-0.15, -0.1) is 0 Å². The van der Waals surface area contributed by atoms with Crippen molar-refractivity contribution in [2.75, 3.05) is 5.32 Å². The second-order valence-corrected chi connectivity index (χ2v) is 5.09. The Bertz CT molecular complexity index is 516. The van der Waals surface area contributed by atoms with E-state index in [9.17, 15) is 4.79 Å². The van der Waals surface area contributed by atoms with Gasteiger partial charge in [-0.05, 0) is 55.9 Å². The molecule has 0 radical (unpaired) electrons. The second kappa shape index (κ2) is 4.81. The molecular formula is C15H18N2O. The van der Waals surface area contributed by atoms with Crippen LogP contribution in [0, 0.1) is 16.7 Å². The summed E-state index contributed by atoms with van der Waals surface area (Å²) >= 11 is 0. The summed E-state index contributed by atoms with van der Waals surface area (Å²) in [6, 6.07) is 8.13. The van der Waals surface area contributed by atoms with E-state index in [2.05, 4.69) is 17.5 Å². The van der Waals surface area contributed by atoms with Crippen molar-refractivity contribution in [2.45, 2.75) is 39.5 Å². The zero-order valence-corrected chi connectivity index (χ0v) is 10.9. The number of aryl methyl sites for hydroxylation is 2. The Labute approximate surface area is 108 Å². The van der Waals surface area contributed by atoms with E-state index in [1.807, 2.05) is 19.1 Å². The van der Waals surface area contributed by atoms with Gasteiger partial charge in [0.1, 0.15) is 5.41 Å². The molecule has 2 rings (SSSR count). The monoisotopic (exact) mass is 242 g/mol. The Kier molecular flexibility index (Phi) is 3.38. The Hall–Kier alpha value is -1.82. The molecule has 94 valence electrons. The van der Waals surface area contributed by atoms with Gasteiger partial charge in [-0.2, -0.15) is 5.26 Å². The SMILES string of the molecule is CCC(C)(C#N)C(=O)Nc1ccc2c(c1)CCC2. The van der Waals surface area contributed by atoms with E-state index in [0.29, 0.717) is 6.42 Å². The topological polar surface area (TPSA) is 52.9 Å². The van der Waals surface area contributed by atoms with Gasteiger partial charge in [0.15, 0.2) is 0 Å². The lowest BCUT2D eigenvalue weighted by Crippen LogP contribution is -2.31. The number of nitrogens with one attached hydrogen (secondary N) is 1. The molecule has 0 bridgehead atoms. The first-order valence-electron chi connectivity index (χ1n) is 6.43. The van der Waals surface area contributed by atoms with Gasteiger partial charge in [0.05, 0.1) is 6.07 Å². The van der Waals surface area contributed by atoms with Crippen molar-refractivity contribution in [3.8, 4) is 6.07 Å². The van der Waals surface area contributed by atoms with Crippen molar-refractivity contribution in [3.05, 3.63) is 29.3 Å². The number of hydrogen-bond acceptors (Lipinski definition) is 2. The number of fused-ring (bicyclic) bond motifs is 1. The Balaban J connectivity index is 2.15. The van der Waals surface area contributed by atoms with E-state index in [0.717, 1.165) is 18.5 Å². The summed E-state index contributed by atoms with van der Waals surface area (Å²) in [6.07, 6.45) is 3.93. The zero-order valence-electron chi connectivity index (χ0n) is 10.9. The lowest BCUT2D eigenvalue weighted by molar-refractivity contribution is -0.122. The maximum absolute atomic E-state index is 12.1. The molecule has 3 heteroatoms. The summed E-state index contributed by atoms with van der Waals surface area (Å²) in [6.45, 7) is 3.53. The summed E-state index contributed by atoms with van der Waals surface area (Å²) in [5.74, 6) is -0.217. The lowest BCUT2D eigenvalue weighted by atomic mass is 9.88. The van der Waals surface area contributed by atoms with E-state index in [1.165, 1.54) is 17.5 Å². The number of carbonyl (C=O) groups excluding carboxylic acids is 1. The lowest BCUT2D eigenvalue weighted by Gasteiger charge is -2.18. The molecule has 1 aliphatic rings. The summed E-state index contributed by atoms with van der Waals surface area (Å²) in [7, 11) is 0. The molecular weight excluding hydrogens is 224 g/mol. The van der Waals surface area contributed by atoms with Crippen LogP contribution in [0.15, 0.2) is 18.2 Å². The predicted octanol–water partition coefficient (Wildman–Crippen LogP) is 3.05. The summed E-state index contributed by atoms with van der Waals surface area (Å²) in [5, 5.41) is 11.9. The van der Waals surface area contributed by atoms with Crippen LogP contribution in [-0.2, 0) is 17.6 Å². The quantitative estimate of drug-likeness (QED) is 0.885. The number of nitriles is 1. The zero-order chi connectivity index (χ0) is 13.2. The van der Waals surface area contributed by atoms with Crippen LogP contribution in [0.2, 0.25) is 0 Å². The third-order valence-corrected chi connectivity index (χ3v) is 3.81. The van der Waals surface area contributed by atoms with E-state index in [1.54, 1.807) is 6.92 Å². The highest BCUT2D eigenvalue weighted by Gasteiger charge is 2.31. The minimum absolute atomic E-state index is 0.217.